The van der Waals surface area contributed by atoms with Gasteiger partial charge in [-0.05, 0) is 36.4 Å². The summed E-state index contributed by atoms with van der Waals surface area (Å²) in [5, 5.41) is 12.2. The molecule has 17 nitrogen and oxygen atoms in total. The van der Waals surface area contributed by atoms with Crippen LogP contribution in [0.1, 0.15) is 0 Å². The van der Waals surface area contributed by atoms with Crippen LogP contribution in [-0.4, -0.2) is 122 Å². The van der Waals surface area contributed by atoms with Crippen LogP contribution in [0.25, 0.3) is 0 Å². The zero-order valence-electron chi connectivity index (χ0n) is 22.0. The summed E-state index contributed by atoms with van der Waals surface area (Å²) in [5.41, 5.74) is 4.44. The number of nitrogens with one attached hydrogen (secondary N) is 2. The van der Waals surface area contributed by atoms with Gasteiger partial charge in [0.05, 0.1) is 22.9 Å². The van der Waals surface area contributed by atoms with Gasteiger partial charge in [-0.3, -0.25) is 9.11 Å². The van der Waals surface area contributed by atoms with Crippen LogP contribution in [0.5, 0.6) is 0 Å². The first kappa shape index (κ1) is 38.8. The Labute approximate surface area is 286 Å². The fourth-order valence-corrected chi connectivity index (χ4v) is 5.22. The van der Waals surface area contributed by atoms with Crippen molar-refractivity contribution in [3.05, 3.63) is 54.5 Å². The van der Waals surface area contributed by atoms with Crippen molar-refractivity contribution < 1.29 is 52.1 Å². The molecule has 24 heteroatoms. The maximum atomic E-state index is 13.3. The number of nitrogens with zero attached hydrogens (tertiary/aromatic N) is 4. The third-order valence-electron chi connectivity index (χ3n) is 4.61. The number of hydrogen-bond acceptors (Lipinski definition) is 13. The van der Waals surface area contributed by atoms with E-state index in [0.717, 1.165) is 18.2 Å². The van der Waals surface area contributed by atoms with Crippen LogP contribution in [0.3, 0.4) is 0 Å². The number of carbonyl (C=O) groups is 1. The molecule has 0 spiro atoms. The van der Waals surface area contributed by atoms with E-state index in [1.54, 1.807) is 0 Å². The fraction of sp³-hybridized carbons (Fsp3) is 0.105. The number of halogens is 2. The molecule has 0 fully saturated rings. The molecule has 1 heterocycles. The van der Waals surface area contributed by atoms with E-state index < -0.39 is 76.2 Å². The van der Waals surface area contributed by atoms with Crippen LogP contribution in [-0.2, 0) is 34.5 Å². The second-order valence-electron chi connectivity index (χ2n) is 7.56. The molecule has 222 valence electrons. The smallest absolute Gasteiger partial charge is 0.351 e. The SMILES string of the molecule is NC(=O)Nc1cc(Nc2cc(F)nc(F)n2)ccc1N=Nc1ccc(S(=O)(=O)CCOS(=O)(=O)O)cc1S(=O)(=O)O.[Na].[Na]. The summed E-state index contributed by atoms with van der Waals surface area (Å²) >= 11 is 0. The molecule has 0 aliphatic rings. The first-order valence-corrected chi connectivity index (χ1v) is 14.9. The van der Waals surface area contributed by atoms with Crippen LogP contribution in [0.2, 0.25) is 0 Å². The average Bonchev–Trinajstić information content (AvgIpc) is 2.81. The van der Waals surface area contributed by atoms with Crippen LogP contribution < -0.4 is 16.4 Å². The van der Waals surface area contributed by atoms with Gasteiger partial charge in [0, 0.05) is 70.9 Å². The Bertz CT molecular complexity index is 1850. The van der Waals surface area contributed by atoms with Gasteiger partial charge in [0.15, 0.2) is 9.84 Å². The van der Waals surface area contributed by atoms with Crippen LogP contribution in [0, 0.1) is 12.0 Å². The van der Waals surface area contributed by atoms with Gasteiger partial charge in [0.1, 0.15) is 22.1 Å². The molecular formula is C19H17F2N7Na2O10S3. The van der Waals surface area contributed by atoms with E-state index in [1.165, 1.54) is 18.2 Å². The Morgan fingerprint density at radius 1 is 0.930 bits per heavy atom. The number of primary amides is 1. The number of azo groups is 1. The van der Waals surface area contributed by atoms with Gasteiger partial charge >= 0.3 is 22.5 Å². The number of aromatic nitrogens is 2. The van der Waals surface area contributed by atoms with Gasteiger partial charge in [-0.15, -0.1) is 10.2 Å². The number of sulfone groups is 1. The van der Waals surface area contributed by atoms with Crippen molar-refractivity contribution in [3.63, 3.8) is 0 Å². The van der Waals surface area contributed by atoms with Gasteiger partial charge in [0.25, 0.3) is 10.1 Å². The Balaban J connectivity index is 0.00000462. The minimum Gasteiger partial charge on any atom is -0.351 e. The molecule has 0 aliphatic carbocycles. The van der Waals surface area contributed by atoms with Crippen LogP contribution in [0.15, 0.2) is 62.5 Å². The second kappa shape index (κ2) is 15.7. The predicted octanol–water partition coefficient (Wildman–Crippen LogP) is 1.48. The molecule has 2 radical (unpaired) electrons. The van der Waals surface area contributed by atoms with Crippen molar-refractivity contribution in [1.29, 1.82) is 0 Å². The third-order valence-corrected chi connectivity index (χ3v) is 7.64. The topological polar surface area (TPSA) is 270 Å². The van der Waals surface area contributed by atoms with Gasteiger partial charge < -0.3 is 16.4 Å². The Kier molecular flexibility index (Phi) is 14.1. The number of anilines is 3. The van der Waals surface area contributed by atoms with Gasteiger partial charge in [-0.2, -0.15) is 35.6 Å². The zero-order chi connectivity index (χ0) is 30.6. The molecule has 0 saturated carbocycles. The van der Waals surface area contributed by atoms with Crippen LogP contribution in [0.4, 0.5) is 42.1 Å². The van der Waals surface area contributed by atoms with E-state index in [4.69, 9.17) is 10.3 Å². The van der Waals surface area contributed by atoms with Crippen molar-refractivity contribution in [2.75, 3.05) is 23.0 Å². The normalized spacial score (nSPS) is 11.8. The average molecular weight is 684 g/mol. The van der Waals surface area contributed by atoms with E-state index in [-0.39, 0.29) is 82.0 Å². The number of benzene rings is 2. The van der Waals surface area contributed by atoms with Crippen molar-refractivity contribution >= 4 is 124 Å². The summed E-state index contributed by atoms with van der Waals surface area (Å²) < 4.78 is 119. The van der Waals surface area contributed by atoms with Gasteiger partial charge in [-0.1, -0.05) is 0 Å². The molecule has 0 unspecified atom stereocenters. The summed E-state index contributed by atoms with van der Waals surface area (Å²) in [7, 11) is -14.4. The molecule has 0 atom stereocenters. The Hall–Kier alpha value is -2.22. The van der Waals surface area contributed by atoms with E-state index in [0.29, 0.717) is 6.07 Å². The summed E-state index contributed by atoms with van der Waals surface area (Å²) in [6, 6.07) is 5.69. The fourth-order valence-electron chi connectivity index (χ4n) is 2.99. The summed E-state index contributed by atoms with van der Waals surface area (Å²) in [6.07, 6.45) is -1.35. The van der Waals surface area contributed by atoms with E-state index in [1.807, 2.05) is 0 Å². The molecule has 0 saturated heterocycles. The zero-order valence-corrected chi connectivity index (χ0v) is 28.4. The van der Waals surface area contributed by atoms with Crippen LogP contribution >= 0.6 is 0 Å². The van der Waals surface area contributed by atoms with E-state index in [9.17, 15) is 43.4 Å². The van der Waals surface area contributed by atoms with Crippen molar-refractivity contribution in [2.45, 2.75) is 9.79 Å². The molecule has 2 aromatic carbocycles. The summed E-state index contributed by atoms with van der Waals surface area (Å²) in [4.78, 5) is 16.0. The van der Waals surface area contributed by atoms with Crippen molar-refractivity contribution in [2.24, 2.45) is 16.0 Å². The Morgan fingerprint density at radius 3 is 2.14 bits per heavy atom. The number of rotatable bonds is 11. The number of nitrogens with two attached hydrogens (primary N) is 1. The van der Waals surface area contributed by atoms with Gasteiger partial charge in [0.2, 0.25) is 5.95 Å². The third kappa shape index (κ3) is 12.0. The number of hydrogen-bond donors (Lipinski definition) is 5. The number of carbonyl (C=O) groups excluding carboxylic acids is 1. The monoisotopic (exact) mass is 683 g/mol. The Morgan fingerprint density at radius 2 is 1.56 bits per heavy atom. The van der Waals surface area contributed by atoms with Gasteiger partial charge in [-0.25, -0.2) is 17.4 Å². The molecule has 3 rings (SSSR count). The minimum absolute atomic E-state index is 0. The second-order valence-corrected chi connectivity index (χ2v) is 12.2. The maximum Gasteiger partial charge on any atom is 0.397 e. The number of amides is 2. The van der Waals surface area contributed by atoms with Crippen molar-refractivity contribution in [1.82, 2.24) is 9.97 Å². The molecular weight excluding hydrogens is 666 g/mol. The van der Waals surface area contributed by atoms with E-state index >= 15 is 0 Å². The molecule has 2 amide bonds. The molecule has 1 aromatic heterocycles. The predicted molar refractivity (Wildman–Crippen MR) is 146 cm³/mol. The summed E-state index contributed by atoms with van der Waals surface area (Å²) in [6.45, 7) is -0.995. The van der Waals surface area contributed by atoms with Crippen molar-refractivity contribution in [3.8, 4) is 0 Å². The first-order chi connectivity index (χ1) is 18.9. The quantitative estimate of drug-likeness (QED) is 0.0631. The number of urea groups is 1. The van der Waals surface area contributed by atoms with E-state index in [2.05, 4.69) is 35.0 Å². The first-order valence-electron chi connectivity index (χ1n) is 10.5. The summed E-state index contributed by atoms with van der Waals surface area (Å²) in [5.74, 6) is -2.44. The molecule has 43 heavy (non-hydrogen) atoms. The molecule has 6 N–H and O–H groups in total. The molecule has 0 aliphatic heterocycles. The molecule has 0 bridgehead atoms. The largest absolute Gasteiger partial charge is 0.397 e. The standard InChI is InChI=1S/C19H17F2N7O10S3.2Na/c20-16-9-17(26-18(21)25-16)23-10-1-3-12(14(7-10)24-19(22)29)27-28-13-4-2-11(8-15(13)40(32,33)34)39(30,31)6-5-38-41(35,36)37;;/h1-4,7-9H,5-6H2,(H3,22,24,29)(H,23,25,26)(H,32,33,34)(H,35,36,37);;. The molecule has 3 aromatic rings. The minimum atomic E-state index is -5.10. The maximum absolute atomic E-state index is 13.3.